The van der Waals surface area contributed by atoms with Gasteiger partial charge in [-0.3, -0.25) is 9.59 Å². The van der Waals surface area contributed by atoms with E-state index in [1.54, 1.807) is 6.07 Å². The van der Waals surface area contributed by atoms with E-state index >= 15 is 0 Å². The fourth-order valence-electron chi connectivity index (χ4n) is 1.29. The Morgan fingerprint density at radius 1 is 1.44 bits per heavy atom. The molecule has 2 N–H and O–H groups in total. The Bertz CT molecular complexity index is 550. The zero-order chi connectivity index (χ0) is 11.5. The van der Waals surface area contributed by atoms with Gasteiger partial charge in [0, 0.05) is 6.20 Å². The molecule has 6 heteroatoms. The first-order valence-electron chi connectivity index (χ1n) is 4.50. The normalized spacial score (nSPS) is 10.2. The summed E-state index contributed by atoms with van der Waals surface area (Å²) in [5.74, 6) is -1.54. The number of rotatable bonds is 3. The molecule has 0 bridgehead atoms. The van der Waals surface area contributed by atoms with Gasteiger partial charge in [0.1, 0.15) is 12.2 Å². The minimum atomic E-state index is -1.08. The second kappa shape index (κ2) is 4.28. The zero-order valence-corrected chi connectivity index (χ0v) is 8.95. The highest BCUT2D eigenvalue weighted by atomic mass is 32.1. The number of thiophene rings is 1. The summed E-state index contributed by atoms with van der Waals surface area (Å²) in [6.45, 7) is -0.401. The molecule has 1 amide bonds. The topological polar surface area (TPSA) is 79.3 Å². The predicted molar refractivity (Wildman–Crippen MR) is 59.6 cm³/mol. The average Bonchev–Trinajstić information content (AvgIpc) is 2.73. The van der Waals surface area contributed by atoms with Crippen molar-refractivity contribution in [1.29, 1.82) is 0 Å². The van der Waals surface area contributed by atoms with Crippen molar-refractivity contribution in [2.75, 3.05) is 6.54 Å². The Morgan fingerprint density at radius 3 is 3.00 bits per heavy atom. The number of fused-ring (bicyclic) bond motifs is 1. The van der Waals surface area contributed by atoms with Gasteiger partial charge in [-0.25, -0.2) is 4.98 Å². The number of carbonyl (C=O) groups excluding carboxylic acids is 1. The lowest BCUT2D eigenvalue weighted by molar-refractivity contribution is -0.135. The summed E-state index contributed by atoms with van der Waals surface area (Å²) in [6, 6.07) is 3.69. The molecule has 0 fully saturated rings. The van der Waals surface area contributed by atoms with Crippen molar-refractivity contribution < 1.29 is 14.7 Å². The summed E-state index contributed by atoms with van der Waals surface area (Å²) in [5.41, 5.74) is 0.272. The number of amides is 1. The van der Waals surface area contributed by atoms with E-state index in [1.807, 2.05) is 11.4 Å². The number of aliphatic carboxylic acids is 1. The minimum absolute atomic E-state index is 0.272. The van der Waals surface area contributed by atoms with Gasteiger partial charge in [-0.1, -0.05) is 0 Å². The number of nitrogens with one attached hydrogen (secondary N) is 1. The van der Waals surface area contributed by atoms with Crippen LogP contribution >= 0.6 is 11.3 Å². The highest BCUT2D eigenvalue weighted by molar-refractivity contribution is 7.17. The van der Waals surface area contributed by atoms with Crippen molar-refractivity contribution in [1.82, 2.24) is 10.3 Å². The van der Waals surface area contributed by atoms with Gasteiger partial charge in [0.05, 0.1) is 4.70 Å². The third-order valence-corrected chi connectivity index (χ3v) is 2.92. The molecule has 0 aliphatic carbocycles. The number of pyridine rings is 1. The molecule has 5 nitrogen and oxygen atoms in total. The lowest BCUT2D eigenvalue weighted by Gasteiger charge is -2.02. The Labute approximate surface area is 94.7 Å². The van der Waals surface area contributed by atoms with E-state index in [2.05, 4.69) is 10.3 Å². The second-order valence-electron chi connectivity index (χ2n) is 3.07. The van der Waals surface area contributed by atoms with Crippen molar-refractivity contribution in [3.8, 4) is 0 Å². The summed E-state index contributed by atoms with van der Waals surface area (Å²) in [5, 5.41) is 13.5. The van der Waals surface area contributed by atoms with Gasteiger partial charge in [-0.2, -0.15) is 0 Å². The molecule has 16 heavy (non-hydrogen) atoms. The fraction of sp³-hybridized carbons (Fsp3) is 0.100. The van der Waals surface area contributed by atoms with E-state index in [9.17, 15) is 9.59 Å². The van der Waals surface area contributed by atoms with Crippen LogP contribution in [0.4, 0.5) is 0 Å². The van der Waals surface area contributed by atoms with Crippen molar-refractivity contribution in [2.24, 2.45) is 0 Å². The summed E-state index contributed by atoms with van der Waals surface area (Å²) < 4.78 is 0.769. The Kier molecular flexibility index (Phi) is 2.82. The maximum atomic E-state index is 11.6. The van der Waals surface area contributed by atoms with E-state index in [0.29, 0.717) is 0 Å². The van der Waals surface area contributed by atoms with Crippen LogP contribution in [0.25, 0.3) is 10.1 Å². The van der Waals surface area contributed by atoms with Crippen LogP contribution < -0.4 is 5.32 Å². The van der Waals surface area contributed by atoms with Crippen LogP contribution in [0.5, 0.6) is 0 Å². The quantitative estimate of drug-likeness (QED) is 0.836. The molecular formula is C10H8N2O3S. The molecule has 0 aromatic carbocycles. The third kappa shape index (κ3) is 2.01. The van der Waals surface area contributed by atoms with Gasteiger partial charge in [0.25, 0.3) is 5.91 Å². The molecule has 0 radical (unpaired) electrons. The van der Waals surface area contributed by atoms with Gasteiger partial charge in [-0.15, -0.1) is 11.3 Å². The van der Waals surface area contributed by atoms with E-state index < -0.39 is 18.4 Å². The first kappa shape index (κ1) is 10.6. The van der Waals surface area contributed by atoms with E-state index in [-0.39, 0.29) is 5.69 Å². The maximum Gasteiger partial charge on any atom is 0.322 e. The van der Waals surface area contributed by atoms with Crippen LogP contribution in [-0.2, 0) is 4.79 Å². The molecule has 82 valence electrons. The largest absolute Gasteiger partial charge is 0.480 e. The van der Waals surface area contributed by atoms with Crippen molar-refractivity contribution in [3.05, 3.63) is 29.4 Å². The highest BCUT2D eigenvalue weighted by Gasteiger charge is 2.12. The Balaban J connectivity index is 2.29. The molecule has 0 unspecified atom stereocenters. The molecule has 0 atom stereocenters. The molecule has 0 saturated carbocycles. The molecule has 2 aromatic heterocycles. The SMILES string of the molecule is O=C(O)CNC(=O)c1nccc2ccsc12. The van der Waals surface area contributed by atoms with Crippen LogP contribution in [0.15, 0.2) is 23.7 Å². The van der Waals surface area contributed by atoms with Crippen LogP contribution in [0, 0.1) is 0 Å². The predicted octanol–water partition coefficient (Wildman–Crippen LogP) is 1.11. The average molecular weight is 236 g/mol. The number of aromatic nitrogens is 1. The number of nitrogens with zero attached hydrogens (tertiary/aromatic N) is 1. The number of carboxylic acid groups (broad SMARTS) is 1. The van der Waals surface area contributed by atoms with Crippen LogP contribution in [0.3, 0.4) is 0 Å². The fourth-order valence-corrected chi connectivity index (χ4v) is 2.17. The first-order chi connectivity index (χ1) is 7.68. The molecule has 2 rings (SSSR count). The second-order valence-corrected chi connectivity index (χ2v) is 3.99. The molecule has 2 aromatic rings. The van der Waals surface area contributed by atoms with Crippen LogP contribution in [-0.4, -0.2) is 28.5 Å². The monoisotopic (exact) mass is 236 g/mol. The maximum absolute atomic E-state index is 11.6. The van der Waals surface area contributed by atoms with Crippen molar-refractivity contribution in [2.45, 2.75) is 0 Å². The van der Waals surface area contributed by atoms with Gasteiger partial charge in [0.15, 0.2) is 0 Å². The summed E-state index contributed by atoms with van der Waals surface area (Å²) in [6.07, 6.45) is 1.53. The van der Waals surface area contributed by atoms with Crippen LogP contribution in [0.2, 0.25) is 0 Å². The first-order valence-corrected chi connectivity index (χ1v) is 5.38. The third-order valence-electron chi connectivity index (χ3n) is 1.98. The van der Waals surface area contributed by atoms with Crippen LogP contribution in [0.1, 0.15) is 10.5 Å². The molecular weight excluding hydrogens is 228 g/mol. The smallest absolute Gasteiger partial charge is 0.322 e. The summed E-state index contributed by atoms with van der Waals surface area (Å²) in [4.78, 5) is 25.9. The number of hydrogen-bond acceptors (Lipinski definition) is 4. The molecule has 0 saturated heterocycles. The molecule has 0 aliphatic rings. The minimum Gasteiger partial charge on any atom is -0.480 e. The lowest BCUT2D eigenvalue weighted by atomic mass is 10.2. The number of carbonyl (C=O) groups is 2. The Hall–Kier alpha value is -1.95. The molecule has 2 heterocycles. The van der Waals surface area contributed by atoms with Gasteiger partial charge >= 0.3 is 5.97 Å². The van der Waals surface area contributed by atoms with E-state index in [1.165, 1.54) is 17.5 Å². The Morgan fingerprint density at radius 2 is 2.25 bits per heavy atom. The molecule has 0 spiro atoms. The van der Waals surface area contributed by atoms with E-state index in [4.69, 9.17) is 5.11 Å². The summed E-state index contributed by atoms with van der Waals surface area (Å²) in [7, 11) is 0. The number of carboxylic acids is 1. The molecule has 0 aliphatic heterocycles. The van der Waals surface area contributed by atoms with Gasteiger partial charge in [0.2, 0.25) is 0 Å². The lowest BCUT2D eigenvalue weighted by Crippen LogP contribution is -2.29. The number of hydrogen-bond donors (Lipinski definition) is 2. The standard InChI is InChI=1S/C10H8N2O3S/c13-7(14)5-12-10(15)8-9-6(1-3-11-8)2-4-16-9/h1-4H,5H2,(H,12,15)(H,13,14). The van der Waals surface area contributed by atoms with Gasteiger partial charge < -0.3 is 10.4 Å². The summed E-state index contributed by atoms with van der Waals surface area (Å²) >= 11 is 1.41. The van der Waals surface area contributed by atoms with Gasteiger partial charge in [-0.05, 0) is 22.9 Å². The van der Waals surface area contributed by atoms with Crippen molar-refractivity contribution in [3.63, 3.8) is 0 Å². The highest BCUT2D eigenvalue weighted by Crippen LogP contribution is 2.22. The zero-order valence-electron chi connectivity index (χ0n) is 8.14. The van der Waals surface area contributed by atoms with Crippen molar-refractivity contribution >= 4 is 33.3 Å². The van der Waals surface area contributed by atoms with E-state index in [0.717, 1.165) is 10.1 Å².